The normalized spacial score (nSPS) is 20.2. The summed E-state index contributed by atoms with van der Waals surface area (Å²) in [5.41, 5.74) is 6.44. The van der Waals surface area contributed by atoms with Crippen LogP contribution >= 0.6 is 0 Å². The minimum absolute atomic E-state index is 0.440. The van der Waals surface area contributed by atoms with E-state index in [0.29, 0.717) is 12.0 Å². The predicted molar refractivity (Wildman–Crippen MR) is 82.3 cm³/mol. The van der Waals surface area contributed by atoms with Gasteiger partial charge >= 0.3 is 0 Å². The number of hydrogen-bond acceptors (Lipinski definition) is 3. The van der Waals surface area contributed by atoms with Gasteiger partial charge in [0.2, 0.25) is 5.91 Å². The van der Waals surface area contributed by atoms with E-state index in [1.807, 2.05) is 28.8 Å². The summed E-state index contributed by atoms with van der Waals surface area (Å²) in [7, 11) is 0. The maximum Gasteiger partial charge on any atom is 0.248 e. The van der Waals surface area contributed by atoms with Crippen LogP contribution in [0.1, 0.15) is 28.0 Å². The van der Waals surface area contributed by atoms with Crippen LogP contribution < -0.4 is 5.73 Å². The van der Waals surface area contributed by atoms with Crippen LogP contribution in [0.25, 0.3) is 10.8 Å². The molecule has 4 rings (SSSR count). The Balaban J connectivity index is 1.84. The molecule has 0 saturated carbocycles. The van der Waals surface area contributed by atoms with E-state index < -0.39 is 11.5 Å². The molecule has 0 bridgehead atoms. The number of fused-ring (bicyclic) bond motifs is 2. The van der Waals surface area contributed by atoms with Gasteiger partial charge in [-0.1, -0.05) is 18.2 Å². The van der Waals surface area contributed by atoms with Crippen LogP contribution in [0, 0.1) is 0 Å². The van der Waals surface area contributed by atoms with E-state index in [1.165, 1.54) is 0 Å². The highest BCUT2D eigenvalue weighted by atomic mass is 16.3. The average molecular weight is 293 g/mol. The van der Waals surface area contributed by atoms with Crippen molar-refractivity contribution in [3.8, 4) is 0 Å². The second-order valence-electron chi connectivity index (χ2n) is 5.72. The zero-order valence-corrected chi connectivity index (χ0v) is 11.9. The van der Waals surface area contributed by atoms with Crippen molar-refractivity contribution in [2.75, 3.05) is 0 Å². The zero-order valence-electron chi connectivity index (χ0n) is 11.9. The lowest BCUT2D eigenvalue weighted by atomic mass is 9.88. The van der Waals surface area contributed by atoms with Crippen molar-refractivity contribution in [3.63, 3.8) is 0 Å². The SMILES string of the molecule is NC(=O)c1ccc2cc([C@@]3(O)CCn4cncc43)ccc2c1. The number of aromatic nitrogens is 2. The molecular formula is C17H15N3O2. The average Bonchev–Trinajstić information content (AvgIpc) is 3.11. The first kappa shape index (κ1) is 13.0. The van der Waals surface area contributed by atoms with Gasteiger partial charge in [-0.15, -0.1) is 0 Å². The quantitative estimate of drug-likeness (QED) is 0.755. The Morgan fingerprint density at radius 3 is 2.82 bits per heavy atom. The Kier molecular flexibility index (Phi) is 2.62. The van der Waals surface area contributed by atoms with Crippen molar-refractivity contribution in [1.29, 1.82) is 0 Å². The molecule has 110 valence electrons. The molecule has 2 heterocycles. The minimum atomic E-state index is -1.01. The topological polar surface area (TPSA) is 81.1 Å². The third-order valence-electron chi connectivity index (χ3n) is 4.45. The molecule has 0 spiro atoms. The van der Waals surface area contributed by atoms with E-state index in [2.05, 4.69) is 4.98 Å². The number of primary amides is 1. The molecule has 3 N–H and O–H groups in total. The van der Waals surface area contributed by atoms with Crippen LogP contribution in [0.2, 0.25) is 0 Å². The van der Waals surface area contributed by atoms with Gasteiger partial charge in [-0.25, -0.2) is 4.98 Å². The molecule has 1 atom stereocenters. The molecule has 1 aliphatic heterocycles. The first-order valence-electron chi connectivity index (χ1n) is 7.15. The molecule has 0 unspecified atom stereocenters. The van der Waals surface area contributed by atoms with Gasteiger partial charge in [0.25, 0.3) is 0 Å². The van der Waals surface area contributed by atoms with E-state index >= 15 is 0 Å². The maximum absolute atomic E-state index is 11.3. The summed E-state index contributed by atoms with van der Waals surface area (Å²) in [4.78, 5) is 15.4. The lowest BCUT2D eigenvalue weighted by Crippen LogP contribution is -2.23. The van der Waals surface area contributed by atoms with Crippen molar-refractivity contribution >= 4 is 16.7 Å². The number of nitrogens with two attached hydrogens (primary N) is 1. The molecule has 0 aliphatic carbocycles. The number of benzene rings is 2. The summed E-state index contributed by atoms with van der Waals surface area (Å²) >= 11 is 0. The number of imidazole rings is 1. The van der Waals surface area contributed by atoms with Gasteiger partial charge in [0.15, 0.2) is 0 Å². The molecule has 0 radical (unpaired) electrons. The summed E-state index contributed by atoms with van der Waals surface area (Å²) in [6.07, 6.45) is 4.09. The number of amides is 1. The van der Waals surface area contributed by atoms with Crippen molar-refractivity contribution < 1.29 is 9.90 Å². The van der Waals surface area contributed by atoms with Crippen LogP contribution in [-0.2, 0) is 12.1 Å². The van der Waals surface area contributed by atoms with Gasteiger partial charge in [-0.05, 0) is 34.5 Å². The summed E-state index contributed by atoms with van der Waals surface area (Å²) in [6, 6.07) is 11.1. The van der Waals surface area contributed by atoms with Crippen LogP contribution in [0.15, 0.2) is 48.9 Å². The highest BCUT2D eigenvalue weighted by molar-refractivity contribution is 5.97. The van der Waals surface area contributed by atoms with E-state index in [-0.39, 0.29) is 0 Å². The highest BCUT2D eigenvalue weighted by Crippen LogP contribution is 2.39. The van der Waals surface area contributed by atoms with E-state index in [0.717, 1.165) is 28.6 Å². The van der Waals surface area contributed by atoms with E-state index in [9.17, 15) is 9.90 Å². The monoisotopic (exact) mass is 293 g/mol. The van der Waals surface area contributed by atoms with Crippen molar-refractivity contribution in [3.05, 3.63) is 65.7 Å². The number of carbonyl (C=O) groups excluding carboxylic acids is 1. The molecule has 0 fully saturated rings. The summed E-state index contributed by atoms with van der Waals surface area (Å²) in [5, 5.41) is 13.0. The number of rotatable bonds is 2. The molecule has 5 heteroatoms. The molecule has 1 aromatic heterocycles. The van der Waals surface area contributed by atoms with Crippen LogP contribution in [0.3, 0.4) is 0 Å². The largest absolute Gasteiger partial charge is 0.379 e. The third-order valence-corrected chi connectivity index (χ3v) is 4.45. The number of aliphatic hydroxyl groups is 1. The molecule has 2 aromatic carbocycles. The molecule has 3 aromatic rings. The van der Waals surface area contributed by atoms with Crippen molar-refractivity contribution in [2.45, 2.75) is 18.6 Å². The molecule has 1 aliphatic rings. The molecule has 5 nitrogen and oxygen atoms in total. The van der Waals surface area contributed by atoms with Gasteiger partial charge in [0.1, 0.15) is 5.60 Å². The van der Waals surface area contributed by atoms with Crippen LogP contribution in [0.5, 0.6) is 0 Å². The van der Waals surface area contributed by atoms with E-state index in [4.69, 9.17) is 5.73 Å². The third kappa shape index (κ3) is 1.76. The predicted octanol–water partition coefficient (Wildman–Crippen LogP) is 1.77. The highest BCUT2D eigenvalue weighted by Gasteiger charge is 2.39. The molecular weight excluding hydrogens is 278 g/mol. The lowest BCUT2D eigenvalue weighted by Gasteiger charge is -2.23. The zero-order chi connectivity index (χ0) is 15.3. The summed E-state index contributed by atoms with van der Waals surface area (Å²) in [6.45, 7) is 0.754. The van der Waals surface area contributed by atoms with Gasteiger partial charge < -0.3 is 15.4 Å². The Morgan fingerprint density at radius 2 is 2.00 bits per heavy atom. The lowest BCUT2D eigenvalue weighted by molar-refractivity contribution is 0.0826. The van der Waals surface area contributed by atoms with Gasteiger partial charge in [0.05, 0.1) is 18.2 Å². The maximum atomic E-state index is 11.3. The molecule has 22 heavy (non-hydrogen) atoms. The number of hydrogen-bond donors (Lipinski definition) is 2. The second kappa shape index (κ2) is 4.42. The fourth-order valence-electron chi connectivity index (χ4n) is 3.20. The minimum Gasteiger partial charge on any atom is -0.379 e. The fourth-order valence-corrected chi connectivity index (χ4v) is 3.20. The first-order chi connectivity index (χ1) is 10.6. The van der Waals surface area contributed by atoms with Gasteiger partial charge in [-0.2, -0.15) is 0 Å². The van der Waals surface area contributed by atoms with Gasteiger partial charge in [0, 0.05) is 18.5 Å². The van der Waals surface area contributed by atoms with Crippen molar-refractivity contribution in [2.24, 2.45) is 5.73 Å². The standard InChI is InChI=1S/C17H15N3O2/c18-16(21)13-2-1-12-8-14(4-3-11(12)7-13)17(22)5-6-20-10-19-9-15(17)20/h1-4,7-10,22H,5-6H2,(H2,18,21)/t17-/m0/s1. The summed E-state index contributed by atoms with van der Waals surface area (Å²) in [5.74, 6) is -0.440. The Bertz CT molecular complexity index is 900. The van der Waals surface area contributed by atoms with Crippen LogP contribution in [0.4, 0.5) is 0 Å². The second-order valence-corrected chi connectivity index (χ2v) is 5.72. The molecule has 1 amide bonds. The number of aryl methyl sites for hydroxylation is 1. The van der Waals surface area contributed by atoms with Crippen LogP contribution in [-0.4, -0.2) is 20.6 Å². The smallest absolute Gasteiger partial charge is 0.248 e. The van der Waals surface area contributed by atoms with Gasteiger partial charge in [-0.3, -0.25) is 4.79 Å². The Hall–Kier alpha value is -2.66. The first-order valence-corrected chi connectivity index (χ1v) is 7.15. The Morgan fingerprint density at radius 1 is 1.23 bits per heavy atom. The fraction of sp³-hybridized carbons (Fsp3) is 0.176. The number of carbonyl (C=O) groups is 1. The Labute approximate surface area is 127 Å². The molecule has 0 saturated heterocycles. The van der Waals surface area contributed by atoms with Crippen molar-refractivity contribution in [1.82, 2.24) is 9.55 Å². The van der Waals surface area contributed by atoms with E-state index in [1.54, 1.807) is 24.7 Å². The number of nitrogens with zero attached hydrogens (tertiary/aromatic N) is 2. The summed E-state index contributed by atoms with van der Waals surface area (Å²) < 4.78 is 1.97.